The molecule has 0 spiro atoms. The Hall–Kier alpha value is -2.64. The minimum atomic E-state index is -0.181. The topological polar surface area (TPSA) is 81.0 Å². The van der Waals surface area contributed by atoms with Gasteiger partial charge in [0.25, 0.3) is 0 Å². The van der Waals surface area contributed by atoms with Crippen LogP contribution in [0.15, 0.2) is 35.7 Å². The Morgan fingerprint density at radius 2 is 1.50 bits per heavy atom. The highest BCUT2D eigenvalue weighted by atomic mass is 35.5. The summed E-state index contributed by atoms with van der Waals surface area (Å²) in [6, 6.07) is 8.27. The third-order valence-electron chi connectivity index (χ3n) is 3.69. The number of halogens is 1. The van der Waals surface area contributed by atoms with E-state index in [2.05, 4.69) is 4.98 Å². The first-order valence-corrected chi connectivity index (χ1v) is 8.23. The number of benzene rings is 2. The predicted molar refractivity (Wildman–Crippen MR) is 103 cm³/mol. The van der Waals surface area contributed by atoms with E-state index in [0.29, 0.717) is 28.5 Å². The maximum atomic E-state index is 9.66. The number of hydrogen-bond donors (Lipinski definition) is 2. The molecule has 0 aliphatic carbocycles. The summed E-state index contributed by atoms with van der Waals surface area (Å²) in [6.45, 7) is 0. The fourth-order valence-corrected chi connectivity index (χ4v) is 3.24. The number of methoxy groups -OCH3 is 3. The molecule has 0 radical (unpaired) electrons. The minimum absolute atomic E-state index is 0. The molecule has 8 heteroatoms. The van der Waals surface area contributed by atoms with E-state index in [4.69, 9.17) is 14.2 Å². The van der Waals surface area contributed by atoms with Crippen molar-refractivity contribution in [2.24, 2.45) is 0 Å². The van der Waals surface area contributed by atoms with E-state index in [-0.39, 0.29) is 23.9 Å². The van der Waals surface area contributed by atoms with Crippen molar-refractivity contribution >= 4 is 23.7 Å². The second-order valence-electron chi connectivity index (χ2n) is 5.16. The first kappa shape index (κ1) is 19.7. The molecular formula is C18H18ClNO5S. The molecule has 0 fully saturated rings. The van der Waals surface area contributed by atoms with E-state index in [1.807, 2.05) is 17.5 Å². The fraction of sp³-hybridized carbons (Fsp3) is 0.167. The average Bonchev–Trinajstić information content (AvgIpc) is 3.12. The molecule has 0 atom stereocenters. The van der Waals surface area contributed by atoms with Crippen LogP contribution >= 0.6 is 23.7 Å². The Kier molecular flexibility index (Phi) is 6.18. The Morgan fingerprint density at radius 1 is 0.846 bits per heavy atom. The number of hydrogen-bond acceptors (Lipinski definition) is 7. The molecule has 1 heterocycles. The molecular weight excluding hydrogens is 378 g/mol. The number of phenols is 2. The number of thiazole rings is 1. The highest BCUT2D eigenvalue weighted by Gasteiger charge is 2.16. The van der Waals surface area contributed by atoms with E-state index in [9.17, 15) is 10.2 Å². The van der Waals surface area contributed by atoms with Crippen LogP contribution in [-0.4, -0.2) is 36.5 Å². The van der Waals surface area contributed by atoms with Crippen molar-refractivity contribution in [2.75, 3.05) is 21.3 Å². The standard InChI is InChI=1S/C18H17NO5S.ClH/c1-22-15-7-11(8-16(23-2)17(15)24-3)18-19-12(9-25-18)10-4-5-13(20)14(21)6-10;/h4-9,20-21H,1-3H3;1H. The molecule has 26 heavy (non-hydrogen) atoms. The van der Waals surface area contributed by atoms with Gasteiger partial charge in [-0.05, 0) is 30.3 Å². The van der Waals surface area contributed by atoms with Gasteiger partial charge in [-0.15, -0.1) is 23.7 Å². The van der Waals surface area contributed by atoms with Gasteiger partial charge in [-0.25, -0.2) is 4.98 Å². The first-order valence-electron chi connectivity index (χ1n) is 7.35. The number of ether oxygens (including phenoxy) is 3. The summed E-state index contributed by atoms with van der Waals surface area (Å²) in [4.78, 5) is 4.60. The maximum absolute atomic E-state index is 9.66. The molecule has 1 aromatic heterocycles. The van der Waals surface area contributed by atoms with E-state index in [1.54, 1.807) is 27.4 Å². The lowest BCUT2D eigenvalue weighted by atomic mass is 10.1. The van der Waals surface area contributed by atoms with Gasteiger partial charge >= 0.3 is 0 Å². The molecule has 0 saturated carbocycles. The van der Waals surface area contributed by atoms with Crippen LogP contribution in [0.3, 0.4) is 0 Å². The van der Waals surface area contributed by atoms with E-state index in [1.165, 1.54) is 23.5 Å². The van der Waals surface area contributed by atoms with Crippen LogP contribution in [0.5, 0.6) is 28.7 Å². The summed E-state index contributed by atoms with van der Waals surface area (Å²) in [5, 5.41) is 21.7. The van der Waals surface area contributed by atoms with Crippen LogP contribution in [0.4, 0.5) is 0 Å². The maximum Gasteiger partial charge on any atom is 0.203 e. The minimum Gasteiger partial charge on any atom is -0.504 e. The van der Waals surface area contributed by atoms with Crippen LogP contribution < -0.4 is 14.2 Å². The third-order valence-corrected chi connectivity index (χ3v) is 4.58. The molecule has 3 rings (SSSR count). The zero-order valence-electron chi connectivity index (χ0n) is 14.3. The van der Waals surface area contributed by atoms with Gasteiger partial charge in [-0.1, -0.05) is 0 Å². The highest BCUT2D eigenvalue weighted by molar-refractivity contribution is 7.13. The van der Waals surface area contributed by atoms with Crippen LogP contribution in [0.25, 0.3) is 21.8 Å². The second kappa shape index (κ2) is 8.16. The Balaban J connectivity index is 0.00000243. The monoisotopic (exact) mass is 395 g/mol. The largest absolute Gasteiger partial charge is 0.504 e. The lowest BCUT2D eigenvalue weighted by Crippen LogP contribution is -1.95. The Bertz CT molecular complexity index is 887. The third kappa shape index (κ3) is 3.63. The Morgan fingerprint density at radius 3 is 2.04 bits per heavy atom. The van der Waals surface area contributed by atoms with Crippen LogP contribution in [0, 0.1) is 0 Å². The molecule has 6 nitrogen and oxygen atoms in total. The molecule has 2 aromatic carbocycles. The van der Waals surface area contributed by atoms with Gasteiger partial charge in [0.05, 0.1) is 27.0 Å². The normalized spacial score (nSPS) is 10.1. The average molecular weight is 396 g/mol. The summed E-state index contributed by atoms with van der Waals surface area (Å²) >= 11 is 1.45. The first-order chi connectivity index (χ1) is 12.1. The number of nitrogens with zero attached hydrogens (tertiary/aromatic N) is 1. The fourth-order valence-electron chi connectivity index (χ4n) is 2.43. The van der Waals surface area contributed by atoms with Gasteiger partial charge in [0, 0.05) is 16.5 Å². The van der Waals surface area contributed by atoms with E-state index in [0.717, 1.165) is 10.6 Å². The van der Waals surface area contributed by atoms with Crippen molar-refractivity contribution in [1.82, 2.24) is 4.98 Å². The second-order valence-corrected chi connectivity index (χ2v) is 6.01. The van der Waals surface area contributed by atoms with Gasteiger partial charge in [0.15, 0.2) is 23.0 Å². The molecule has 2 N–H and O–H groups in total. The van der Waals surface area contributed by atoms with Gasteiger partial charge in [-0.3, -0.25) is 0 Å². The molecule has 0 unspecified atom stereocenters. The molecule has 0 bridgehead atoms. The van der Waals surface area contributed by atoms with Crippen LogP contribution in [0.2, 0.25) is 0 Å². The van der Waals surface area contributed by atoms with Crippen molar-refractivity contribution < 1.29 is 24.4 Å². The lowest BCUT2D eigenvalue weighted by molar-refractivity contribution is 0.324. The molecule has 0 aliphatic rings. The zero-order valence-corrected chi connectivity index (χ0v) is 16.0. The molecule has 0 aliphatic heterocycles. The zero-order chi connectivity index (χ0) is 18.0. The van der Waals surface area contributed by atoms with Crippen molar-refractivity contribution in [3.63, 3.8) is 0 Å². The van der Waals surface area contributed by atoms with Gasteiger partial charge in [-0.2, -0.15) is 0 Å². The summed E-state index contributed by atoms with van der Waals surface area (Å²) in [7, 11) is 4.68. The quantitative estimate of drug-likeness (QED) is 0.625. The highest BCUT2D eigenvalue weighted by Crippen LogP contribution is 2.42. The molecule has 0 amide bonds. The van der Waals surface area contributed by atoms with Crippen molar-refractivity contribution in [2.45, 2.75) is 0 Å². The van der Waals surface area contributed by atoms with Gasteiger partial charge in [0.2, 0.25) is 5.75 Å². The number of aromatic hydroxyl groups is 2. The SMILES string of the molecule is COc1cc(-c2nc(-c3ccc(O)c(O)c3)cs2)cc(OC)c1OC.Cl. The molecule has 3 aromatic rings. The predicted octanol–water partition coefficient (Wildman–Crippen LogP) is 4.34. The van der Waals surface area contributed by atoms with Gasteiger partial charge in [0.1, 0.15) is 5.01 Å². The summed E-state index contributed by atoms with van der Waals surface area (Å²) in [5.41, 5.74) is 2.24. The van der Waals surface area contributed by atoms with Crippen molar-refractivity contribution in [1.29, 1.82) is 0 Å². The van der Waals surface area contributed by atoms with Crippen molar-refractivity contribution in [3.8, 4) is 50.6 Å². The number of rotatable bonds is 5. The Labute approximate surface area is 161 Å². The van der Waals surface area contributed by atoms with Gasteiger partial charge < -0.3 is 24.4 Å². The van der Waals surface area contributed by atoms with Crippen molar-refractivity contribution in [3.05, 3.63) is 35.7 Å². The molecule has 138 valence electrons. The number of phenolic OH excluding ortho intramolecular Hbond substituents is 2. The summed E-state index contributed by atoms with van der Waals surface area (Å²) in [5.74, 6) is 1.28. The van der Waals surface area contributed by atoms with Crippen LogP contribution in [-0.2, 0) is 0 Å². The lowest BCUT2D eigenvalue weighted by Gasteiger charge is -2.13. The number of aromatic nitrogens is 1. The van der Waals surface area contributed by atoms with E-state index < -0.39 is 0 Å². The van der Waals surface area contributed by atoms with Crippen LogP contribution in [0.1, 0.15) is 0 Å². The summed E-state index contributed by atoms with van der Waals surface area (Å²) < 4.78 is 16.1. The molecule has 0 saturated heterocycles. The van der Waals surface area contributed by atoms with E-state index >= 15 is 0 Å². The summed E-state index contributed by atoms with van der Waals surface area (Å²) in [6.07, 6.45) is 0. The smallest absolute Gasteiger partial charge is 0.203 e.